The second-order valence-electron chi connectivity index (χ2n) is 3.68. The lowest BCUT2D eigenvalue weighted by molar-refractivity contribution is 0.0707. The van der Waals surface area contributed by atoms with E-state index < -0.39 is 5.82 Å². The highest BCUT2D eigenvalue weighted by Gasteiger charge is 2.19. The van der Waals surface area contributed by atoms with E-state index in [2.05, 4.69) is 5.43 Å². The molecule has 0 bridgehead atoms. The third-order valence-electron chi connectivity index (χ3n) is 2.62. The molecule has 0 aliphatic carbocycles. The van der Waals surface area contributed by atoms with Crippen LogP contribution in [-0.2, 0) is 4.74 Å². The lowest BCUT2D eigenvalue weighted by atomic mass is 10.1. The van der Waals surface area contributed by atoms with Gasteiger partial charge in [0.25, 0.3) is 5.91 Å². The second kappa shape index (κ2) is 6.93. The van der Waals surface area contributed by atoms with Crippen molar-refractivity contribution in [1.29, 1.82) is 0 Å². The largest absolute Gasteiger partial charge is 0.383 e. The van der Waals surface area contributed by atoms with Crippen molar-refractivity contribution in [1.82, 2.24) is 4.90 Å². The number of halogens is 1. The first-order valence-corrected chi connectivity index (χ1v) is 5.69. The molecule has 3 N–H and O–H groups in total. The van der Waals surface area contributed by atoms with Crippen LogP contribution in [0.3, 0.4) is 0 Å². The number of carbonyl (C=O) groups excluding carboxylic acids is 1. The number of hydrogen-bond acceptors (Lipinski definition) is 4. The number of carbonyl (C=O) groups is 1. The minimum absolute atomic E-state index is 0.0124. The summed E-state index contributed by atoms with van der Waals surface area (Å²) < 4.78 is 18.4. The van der Waals surface area contributed by atoms with E-state index in [9.17, 15) is 9.18 Å². The maximum atomic E-state index is 13.5. The van der Waals surface area contributed by atoms with Gasteiger partial charge in [0, 0.05) is 20.2 Å². The molecule has 6 heteroatoms. The number of nitrogens with one attached hydrogen (secondary N) is 1. The van der Waals surface area contributed by atoms with Crippen LogP contribution in [0.2, 0.25) is 0 Å². The van der Waals surface area contributed by atoms with Crippen LogP contribution in [-0.4, -0.2) is 37.6 Å². The van der Waals surface area contributed by atoms with Gasteiger partial charge in [-0.05, 0) is 19.1 Å². The van der Waals surface area contributed by atoms with Gasteiger partial charge in [-0.1, -0.05) is 6.07 Å². The molecule has 100 valence electrons. The highest BCUT2D eigenvalue weighted by molar-refractivity contribution is 5.99. The predicted octanol–water partition coefficient (Wildman–Crippen LogP) is 1.22. The van der Waals surface area contributed by atoms with E-state index in [4.69, 9.17) is 10.6 Å². The fourth-order valence-electron chi connectivity index (χ4n) is 1.62. The average molecular weight is 255 g/mol. The lowest BCUT2D eigenvalue weighted by Crippen LogP contribution is -2.34. The van der Waals surface area contributed by atoms with E-state index in [-0.39, 0.29) is 17.2 Å². The van der Waals surface area contributed by atoms with Crippen molar-refractivity contribution in [2.24, 2.45) is 5.84 Å². The van der Waals surface area contributed by atoms with Crippen molar-refractivity contribution in [3.63, 3.8) is 0 Å². The molecule has 0 unspecified atom stereocenters. The standard InChI is InChI=1S/C12H18FN3O2/c1-3-16(7-8-18-2)12(17)9-5-4-6-10(13)11(9)15-14/h4-6,15H,3,7-8,14H2,1-2H3. The predicted molar refractivity (Wildman–Crippen MR) is 67.7 cm³/mol. The molecule has 1 aromatic carbocycles. The van der Waals surface area contributed by atoms with Crippen LogP contribution in [0.5, 0.6) is 0 Å². The van der Waals surface area contributed by atoms with Gasteiger partial charge in [0.1, 0.15) is 5.82 Å². The van der Waals surface area contributed by atoms with Crippen LogP contribution in [0.1, 0.15) is 17.3 Å². The van der Waals surface area contributed by atoms with Crippen molar-refractivity contribution in [3.05, 3.63) is 29.6 Å². The number of ether oxygens (including phenoxy) is 1. The smallest absolute Gasteiger partial charge is 0.256 e. The molecule has 0 radical (unpaired) electrons. The molecule has 0 aliphatic heterocycles. The summed E-state index contributed by atoms with van der Waals surface area (Å²) in [4.78, 5) is 13.8. The molecule has 0 spiro atoms. The minimum Gasteiger partial charge on any atom is -0.383 e. The summed E-state index contributed by atoms with van der Waals surface area (Å²) in [6.07, 6.45) is 0. The number of nitrogens with two attached hydrogens (primary N) is 1. The molecule has 1 rings (SSSR count). The van der Waals surface area contributed by atoms with Gasteiger partial charge in [-0.3, -0.25) is 10.6 Å². The van der Waals surface area contributed by atoms with Gasteiger partial charge in [0.15, 0.2) is 0 Å². The molecule has 0 heterocycles. The zero-order chi connectivity index (χ0) is 13.5. The first-order valence-electron chi connectivity index (χ1n) is 5.69. The van der Waals surface area contributed by atoms with E-state index in [1.807, 2.05) is 6.92 Å². The summed E-state index contributed by atoms with van der Waals surface area (Å²) in [5.41, 5.74) is 2.46. The number of nitrogen functional groups attached to an aromatic ring is 1. The topological polar surface area (TPSA) is 67.6 Å². The van der Waals surface area contributed by atoms with Crippen molar-refractivity contribution in [2.45, 2.75) is 6.92 Å². The molecule has 0 atom stereocenters. The van der Waals surface area contributed by atoms with Gasteiger partial charge in [-0.15, -0.1) is 0 Å². The third kappa shape index (κ3) is 3.18. The van der Waals surface area contributed by atoms with Gasteiger partial charge in [-0.2, -0.15) is 0 Å². The number of rotatable bonds is 6. The number of para-hydroxylation sites is 1. The number of nitrogens with zero attached hydrogens (tertiary/aromatic N) is 1. The normalized spacial score (nSPS) is 10.2. The van der Waals surface area contributed by atoms with E-state index in [1.54, 1.807) is 12.0 Å². The summed E-state index contributed by atoms with van der Waals surface area (Å²) in [7, 11) is 1.56. The van der Waals surface area contributed by atoms with Crippen molar-refractivity contribution < 1.29 is 13.9 Å². The Morgan fingerprint density at radius 3 is 2.83 bits per heavy atom. The number of likely N-dealkylation sites (N-methyl/N-ethyl adjacent to an activating group) is 1. The highest BCUT2D eigenvalue weighted by atomic mass is 19.1. The second-order valence-corrected chi connectivity index (χ2v) is 3.68. The fraction of sp³-hybridized carbons (Fsp3) is 0.417. The average Bonchev–Trinajstić information content (AvgIpc) is 2.39. The Morgan fingerprint density at radius 2 is 2.28 bits per heavy atom. The summed E-state index contributed by atoms with van der Waals surface area (Å²) in [6.45, 7) is 3.25. The zero-order valence-corrected chi connectivity index (χ0v) is 10.6. The van der Waals surface area contributed by atoms with E-state index in [0.29, 0.717) is 19.7 Å². The minimum atomic E-state index is -0.550. The Balaban J connectivity index is 2.97. The summed E-state index contributed by atoms with van der Waals surface area (Å²) in [5, 5.41) is 0. The van der Waals surface area contributed by atoms with Crippen molar-refractivity contribution >= 4 is 11.6 Å². The Morgan fingerprint density at radius 1 is 1.56 bits per heavy atom. The Hall–Kier alpha value is -1.66. The maximum absolute atomic E-state index is 13.5. The fourth-order valence-corrected chi connectivity index (χ4v) is 1.62. The number of hydrazine groups is 1. The van der Waals surface area contributed by atoms with E-state index in [1.165, 1.54) is 18.2 Å². The van der Waals surface area contributed by atoms with Gasteiger partial charge >= 0.3 is 0 Å². The Labute approximate surface area is 106 Å². The molecular formula is C12H18FN3O2. The van der Waals surface area contributed by atoms with Crippen LogP contribution in [0.4, 0.5) is 10.1 Å². The number of anilines is 1. The molecule has 5 nitrogen and oxygen atoms in total. The third-order valence-corrected chi connectivity index (χ3v) is 2.62. The SMILES string of the molecule is CCN(CCOC)C(=O)c1cccc(F)c1NN. The van der Waals surface area contributed by atoms with Crippen LogP contribution in [0.15, 0.2) is 18.2 Å². The molecule has 0 saturated heterocycles. The van der Waals surface area contributed by atoms with Crippen molar-refractivity contribution in [3.8, 4) is 0 Å². The van der Waals surface area contributed by atoms with Gasteiger partial charge in [0.05, 0.1) is 17.9 Å². The number of benzene rings is 1. The molecule has 1 aromatic rings. The van der Waals surface area contributed by atoms with Gasteiger partial charge in [-0.25, -0.2) is 4.39 Å². The zero-order valence-electron chi connectivity index (χ0n) is 10.6. The number of methoxy groups -OCH3 is 1. The lowest BCUT2D eigenvalue weighted by Gasteiger charge is -2.21. The molecule has 0 aromatic heterocycles. The first-order chi connectivity index (χ1) is 8.65. The first kappa shape index (κ1) is 14.4. The summed E-state index contributed by atoms with van der Waals surface area (Å²) >= 11 is 0. The molecule has 0 aliphatic rings. The van der Waals surface area contributed by atoms with Crippen LogP contribution in [0.25, 0.3) is 0 Å². The van der Waals surface area contributed by atoms with E-state index >= 15 is 0 Å². The van der Waals surface area contributed by atoms with E-state index in [0.717, 1.165) is 0 Å². The quantitative estimate of drug-likeness (QED) is 0.592. The molecular weight excluding hydrogens is 237 g/mol. The summed E-state index contributed by atoms with van der Waals surface area (Å²) in [5.74, 6) is 4.42. The maximum Gasteiger partial charge on any atom is 0.256 e. The summed E-state index contributed by atoms with van der Waals surface area (Å²) in [6, 6.07) is 4.26. The van der Waals surface area contributed by atoms with Crippen LogP contribution >= 0.6 is 0 Å². The highest BCUT2D eigenvalue weighted by Crippen LogP contribution is 2.20. The Bertz CT molecular complexity index is 412. The Kier molecular flexibility index (Phi) is 5.54. The van der Waals surface area contributed by atoms with Gasteiger partial charge in [0.2, 0.25) is 0 Å². The molecule has 18 heavy (non-hydrogen) atoms. The van der Waals surface area contributed by atoms with Crippen molar-refractivity contribution in [2.75, 3.05) is 32.2 Å². The van der Waals surface area contributed by atoms with Crippen LogP contribution in [0, 0.1) is 5.82 Å². The number of amides is 1. The molecule has 0 fully saturated rings. The number of hydrogen-bond donors (Lipinski definition) is 2. The molecule has 1 amide bonds. The van der Waals surface area contributed by atoms with Crippen LogP contribution < -0.4 is 11.3 Å². The van der Waals surface area contributed by atoms with Gasteiger partial charge < -0.3 is 15.1 Å². The molecule has 0 saturated carbocycles. The monoisotopic (exact) mass is 255 g/mol.